The van der Waals surface area contributed by atoms with Crippen molar-refractivity contribution in [3.63, 3.8) is 0 Å². The number of nitrogen functional groups attached to an aromatic ring is 1. The van der Waals surface area contributed by atoms with Crippen molar-refractivity contribution in [2.75, 3.05) is 31.7 Å². The molecule has 2 rings (SSSR count). The van der Waals surface area contributed by atoms with Crippen molar-refractivity contribution in [3.8, 4) is 0 Å². The molecule has 0 aliphatic heterocycles. The minimum absolute atomic E-state index is 0.0268. The lowest BCUT2D eigenvalue weighted by atomic mass is 10.2. The third-order valence-corrected chi connectivity index (χ3v) is 3.80. The van der Waals surface area contributed by atoms with E-state index in [1.807, 2.05) is 0 Å². The summed E-state index contributed by atoms with van der Waals surface area (Å²) in [6.07, 6.45) is 2.39. The van der Waals surface area contributed by atoms with E-state index in [-0.39, 0.29) is 23.7 Å². The van der Waals surface area contributed by atoms with Gasteiger partial charge in [0.1, 0.15) is 10.6 Å². The fourth-order valence-electron chi connectivity index (χ4n) is 1.63. The SMILES string of the molecule is CN(C)C(=O)CCNc1snc(N)c1C(=O)NC1CC1. The number of anilines is 2. The van der Waals surface area contributed by atoms with Crippen molar-refractivity contribution in [1.82, 2.24) is 14.6 Å². The first kappa shape index (κ1) is 14.6. The fourth-order valence-corrected chi connectivity index (χ4v) is 2.37. The third-order valence-electron chi connectivity index (χ3n) is 2.98. The van der Waals surface area contributed by atoms with Gasteiger partial charge in [0.05, 0.1) is 0 Å². The minimum atomic E-state index is -0.194. The van der Waals surface area contributed by atoms with Gasteiger partial charge in [0.15, 0.2) is 5.82 Å². The molecule has 1 saturated carbocycles. The molecule has 0 radical (unpaired) electrons. The average Bonchev–Trinajstić information content (AvgIpc) is 3.11. The Hall–Kier alpha value is -1.83. The molecule has 8 heteroatoms. The van der Waals surface area contributed by atoms with Gasteiger partial charge in [-0.15, -0.1) is 0 Å². The Balaban J connectivity index is 1.94. The molecule has 1 heterocycles. The predicted octanol–water partition coefficient (Wildman–Crippen LogP) is 0.508. The van der Waals surface area contributed by atoms with Crippen molar-refractivity contribution in [3.05, 3.63) is 5.56 Å². The van der Waals surface area contributed by atoms with Crippen LogP contribution in [0, 0.1) is 0 Å². The Morgan fingerprint density at radius 3 is 2.75 bits per heavy atom. The van der Waals surface area contributed by atoms with Crippen LogP contribution in [-0.4, -0.2) is 47.8 Å². The largest absolute Gasteiger partial charge is 0.382 e. The molecule has 4 N–H and O–H groups in total. The number of hydrogen-bond donors (Lipinski definition) is 3. The summed E-state index contributed by atoms with van der Waals surface area (Å²) in [5, 5.41) is 6.57. The molecule has 0 aromatic carbocycles. The number of rotatable bonds is 6. The Labute approximate surface area is 121 Å². The van der Waals surface area contributed by atoms with Crippen LogP contribution < -0.4 is 16.4 Å². The van der Waals surface area contributed by atoms with Gasteiger partial charge in [-0.05, 0) is 24.4 Å². The summed E-state index contributed by atoms with van der Waals surface area (Å²) in [5.41, 5.74) is 6.13. The topological polar surface area (TPSA) is 100 Å². The summed E-state index contributed by atoms with van der Waals surface area (Å²) in [7, 11) is 3.42. The Bertz CT molecular complexity index is 510. The van der Waals surface area contributed by atoms with Crippen molar-refractivity contribution in [1.29, 1.82) is 0 Å². The van der Waals surface area contributed by atoms with Gasteiger partial charge in [0.2, 0.25) is 5.91 Å². The summed E-state index contributed by atoms with van der Waals surface area (Å²) >= 11 is 1.14. The van der Waals surface area contributed by atoms with Crippen molar-refractivity contribution in [2.45, 2.75) is 25.3 Å². The molecule has 1 aromatic rings. The highest BCUT2D eigenvalue weighted by Crippen LogP contribution is 2.28. The molecule has 0 atom stereocenters. The zero-order chi connectivity index (χ0) is 14.7. The van der Waals surface area contributed by atoms with E-state index in [9.17, 15) is 9.59 Å². The molecular weight excluding hydrogens is 278 g/mol. The lowest BCUT2D eigenvalue weighted by molar-refractivity contribution is -0.128. The number of hydrogen-bond acceptors (Lipinski definition) is 6. The maximum absolute atomic E-state index is 12.1. The average molecular weight is 297 g/mol. The molecular formula is C12H19N5O2S. The smallest absolute Gasteiger partial charge is 0.258 e. The van der Waals surface area contributed by atoms with E-state index >= 15 is 0 Å². The van der Waals surface area contributed by atoms with Crippen LogP contribution in [-0.2, 0) is 4.79 Å². The Morgan fingerprint density at radius 1 is 1.45 bits per heavy atom. The quantitative estimate of drug-likeness (QED) is 0.710. The lowest BCUT2D eigenvalue weighted by Gasteiger charge is -2.11. The van der Waals surface area contributed by atoms with Gasteiger partial charge in [0, 0.05) is 33.1 Å². The zero-order valence-corrected chi connectivity index (χ0v) is 12.4. The van der Waals surface area contributed by atoms with E-state index in [4.69, 9.17) is 5.73 Å². The summed E-state index contributed by atoms with van der Waals surface area (Å²) in [6, 6.07) is 0.268. The predicted molar refractivity (Wildman–Crippen MR) is 78.8 cm³/mol. The lowest BCUT2D eigenvalue weighted by Crippen LogP contribution is -2.27. The normalized spacial score (nSPS) is 13.9. The summed E-state index contributed by atoms with van der Waals surface area (Å²) < 4.78 is 4.00. The molecule has 1 fully saturated rings. The van der Waals surface area contributed by atoms with Gasteiger partial charge < -0.3 is 21.3 Å². The summed E-state index contributed by atoms with van der Waals surface area (Å²) in [4.78, 5) is 25.1. The first-order valence-electron chi connectivity index (χ1n) is 6.49. The van der Waals surface area contributed by atoms with Crippen LogP contribution >= 0.6 is 11.5 Å². The van der Waals surface area contributed by atoms with E-state index in [1.165, 1.54) is 4.90 Å². The monoisotopic (exact) mass is 297 g/mol. The van der Waals surface area contributed by atoms with Crippen LogP contribution in [0.1, 0.15) is 29.6 Å². The summed E-state index contributed by atoms with van der Waals surface area (Å²) in [6.45, 7) is 0.447. The number of aromatic nitrogens is 1. The van der Waals surface area contributed by atoms with Crippen LogP contribution in [0.3, 0.4) is 0 Å². The highest BCUT2D eigenvalue weighted by molar-refractivity contribution is 7.11. The molecule has 7 nitrogen and oxygen atoms in total. The van der Waals surface area contributed by atoms with E-state index in [0.29, 0.717) is 23.5 Å². The second-order valence-electron chi connectivity index (χ2n) is 4.98. The molecule has 0 bridgehead atoms. The first-order valence-corrected chi connectivity index (χ1v) is 7.26. The number of amides is 2. The molecule has 1 aliphatic rings. The van der Waals surface area contributed by atoms with Crippen molar-refractivity contribution < 1.29 is 9.59 Å². The Morgan fingerprint density at radius 2 is 2.15 bits per heavy atom. The van der Waals surface area contributed by atoms with E-state index in [1.54, 1.807) is 14.1 Å². The Kier molecular flexibility index (Phi) is 4.43. The molecule has 1 aromatic heterocycles. The van der Waals surface area contributed by atoms with Gasteiger partial charge in [-0.1, -0.05) is 0 Å². The third kappa shape index (κ3) is 3.60. The molecule has 0 saturated heterocycles. The molecule has 0 unspecified atom stereocenters. The van der Waals surface area contributed by atoms with Gasteiger partial charge >= 0.3 is 0 Å². The summed E-state index contributed by atoms with van der Waals surface area (Å²) in [5.74, 6) is 0.0636. The second-order valence-corrected chi connectivity index (χ2v) is 5.76. The second kappa shape index (κ2) is 6.08. The van der Waals surface area contributed by atoms with Gasteiger partial charge in [-0.25, -0.2) is 0 Å². The van der Waals surface area contributed by atoms with Crippen LogP contribution in [0.15, 0.2) is 0 Å². The zero-order valence-electron chi connectivity index (χ0n) is 11.6. The van der Waals surface area contributed by atoms with E-state index in [2.05, 4.69) is 15.0 Å². The van der Waals surface area contributed by atoms with Gasteiger partial charge in [-0.3, -0.25) is 9.59 Å². The van der Waals surface area contributed by atoms with E-state index < -0.39 is 0 Å². The first-order chi connectivity index (χ1) is 9.49. The number of nitrogens with two attached hydrogens (primary N) is 1. The van der Waals surface area contributed by atoms with Crippen molar-refractivity contribution in [2.24, 2.45) is 0 Å². The van der Waals surface area contributed by atoms with Crippen LogP contribution in [0.2, 0.25) is 0 Å². The van der Waals surface area contributed by atoms with Crippen LogP contribution in [0.4, 0.5) is 10.8 Å². The van der Waals surface area contributed by atoms with Crippen molar-refractivity contribution >= 4 is 34.2 Å². The minimum Gasteiger partial charge on any atom is -0.382 e. The maximum atomic E-state index is 12.1. The number of carbonyl (C=O) groups is 2. The highest BCUT2D eigenvalue weighted by Gasteiger charge is 2.27. The molecule has 110 valence electrons. The highest BCUT2D eigenvalue weighted by atomic mass is 32.1. The number of nitrogens with one attached hydrogen (secondary N) is 2. The maximum Gasteiger partial charge on any atom is 0.258 e. The van der Waals surface area contributed by atoms with Gasteiger partial charge in [0.25, 0.3) is 5.91 Å². The van der Waals surface area contributed by atoms with Crippen LogP contribution in [0.5, 0.6) is 0 Å². The fraction of sp³-hybridized carbons (Fsp3) is 0.583. The molecule has 0 spiro atoms. The number of nitrogens with zero attached hydrogens (tertiary/aromatic N) is 2. The standard InChI is InChI=1S/C12H19N5O2S/c1-17(2)8(18)5-6-14-12-9(10(13)16-20-12)11(19)15-7-3-4-7/h7,14H,3-6H2,1-2H3,(H2,13,16)(H,15,19). The van der Waals surface area contributed by atoms with E-state index in [0.717, 1.165) is 24.4 Å². The number of carbonyl (C=O) groups excluding carboxylic acids is 2. The van der Waals surface area contributed by atoms with Crippen LogP contribution in [0.25, 0.3) is 0 Å². The van der Waals surface area contributed by atoms with Gasteiger partial charge in [-0.2, -0.15) is 4.37 Å². The molecule has 1 aliphatic carbocycles. The molecule has 2 amide bonds. The molecule has 20 heavy (non-hydrogen) atoms.